The molecule has 0 spiro atoms. The van der Waals surface area contributed by atoms with E-state index in [2.05, 4.69) is 0 Å². The van der Waals surface area contributed by atoms with Crippen molar-refractivity contribution in [1.29, 1.82) is 10.8 Å². The third-order valence-electron chi connectivity index (χ3n) is 3.31. The Morgan fingerprint density at radius 2 is 2.21 bits per heavy atom. The number of likely N-dealkylation sites (N-methyl/N-ethyl adjacent to an activating group) is 1. The van der Waals surface area contributed by atoms with E-state index in [0.29, 0.717) is 24.5 Å². The predicted octanol–water partition coefficient (Wildman–Crippen LogP) is 1.65. The Kier molecular flexibility index (Phi) is 3.80. The molecule has 19 heavy (non-hydrogen) atoms. The molecule has 2 rings (SSSR count). The van der Waals surface area contributed by atoms with Crippen molar-refractivity contribution in [3.63, 3.8) is 0 Å². The topological polar surface area (TPSA) is 86.2 Å². The van der Waals surface area contributed by atoms with Crippen LogP contribution in [0.15, 0.2) is 18.2 Å². The minimum absolute atomic E-state index is 0.121. The molecule has 1 saturated heterocycles. The van der Waals surface area contributed by atoms with Crippen LogP contribution < -0.4 is 5.73 Å². The lowest BCUT2D eigenvalue weighted by atomic mass is 9.83. The number of ether oxygens (including phenoxy) is 1. The second-order valence-corrected chi connectivity index (χ2v) is 4.72. The van der Waals surface area contributed by atoms with Crippen LogP contribution in [0.5, 0.6) is 0 Å². The van der Waals surface area contributed by atoms with Crippen LogP contribution in [0.1, 0.15) is 11.5 Å². The average molecular weight is 264 g/mol. The van der Waals surface area contributed by atoms with Gasteiger partial charge in [0.2, 0.25) is 0 Å². The van der Waals surface area contributed by atoms with Crippen molar-refractivity contribution < 1.29 is 9.13 Å². The highest BCUT2D eigenvalue weighted by Crippen LogP contribution is 2.33. The predicted molar refractivity (Wildman–Crippen MR) is 72.1 cm³/mol. The zero-order valence-electron chi connectivity index (χ0n) is 10.7. The summed E-state index contributed by atoms with van der Waals surface area (Å²) in [6, 6.07) is 4.33. The van der Waals surface area contributed by atoms with Crippen molar-refractivity contribution in [2.24, 2.45) is 5.92 Å². The molecule has 1 fully saturated rings. The third-order valence-corrected chi connectivity index (χ3v) is 3.31. The maximum absolute atomic E-state index is 13.5. The summed E-state index contributed by atoms with van der Waals surface area (Å²) in [6.07, 6.45) is 1.07. The highest BCUT2D eigenvalue weighted by atomic mass is 19.1. The number of nitrogens with two attached hydrogens (primary N) is 1. The fourth-order valence-corrected chi connectivity index (χ4v) is 2.20. The summed E-state index contributed by atoms with van der Waals surface area (Å²) in [5.41, 5.74) is 6.66. The van der Waals surface area contributed by atoms with Crippen molar-refractivity contribution in [1.82, 2.24) is 4.90 Å². The number of nitrogens with zero attached hydrogens (tertiary/aromatic N) is 1. The zero-order chi connectivity index (χ0) is 14.0. The number of nitrogens with one attached hydrogen (secondary N) is 2. The Labute approximate surface area is 111 Å². The fraction of sp³-hybridized carbons (Fsp3) is 0.385. The second-order valence-electron chi connectivity index (χ2n) is 4.72. The maximum Gasteiger partial charge on any atom is 0.125 e. The van der Waals surface area contributed by atoms with Gasteiger partial charge in [-0.15, -0.1) is 0 Å². The summed E-state index contributed by atoms with van der Waals surface area (Å²) in [7, 11) is 1.63. The van der Waals surface area contributed by atoms with Gasteiger partial charge in [0.1, 0.15) is 11.7 Å². The van der Waals surface area contributed by atoms with Gasteiger partial charge in [-0.05, 0) is 23.8 Å². The van der Waals surface area contributed by atoms with Gasteiger partial charge >= 0.3 is 0 Å². The first-order chi connectivity index (χ1) is 9.02. The van der Waals surface area contributed by atoms with Gasteiger partial charge in [-0.25, -0.2) is 4.39 Å². The number of amidine groups is 1. The molecule has 5 nitrogen and oxygen atoms in total. The molecule has 6 heteroatoms. The van der Waals surface area contributed by atoms with E-state index < -0.39 is 5.82 Å². The van der Waals surface area contributed by atoms with Crippen molar-refractivity contribution in [2.75, 3.05) is 26.0 Å². The Bertz CT molecular complexity index is 481. The van der Waals surface area contributed by atoms with Crippen LogP contribution in [0, 0.1) is 22.6 Å². The van der Waals surface area contributed by atoms with Crippen LogP contribution in [0.4, 0.5) is 10.1 Å². The number of nitrogen functional groups attached to an aromatic ring is 1. The Balaban J connectivity index is 2.36. The number of benzene rings is 1. The Morgan fingerprint density at radius 1 is 1.53 bits per heavy atom. The normalized spacial score (nSPS) is 16.5. The number of rotatable bonds is 4. The third kappa shape index (κ3) is 2.73. The lowest BCUT2D eigenvalue weighted by Gasteiger charge is -2.36. The summed E-state index contributed by atoms with van der Waals surface area (Å²) >= 11 is 0. The van der Waals surface area contributed by atoms with Gasteiger partial charge in [-0.3, -0.25) is 10.8 Å². The van der Waals surface area contributed by atoms with Crippen LogP contribution >= 0.6 is 0 Å². The first-order valence-electron chi connectivity index (χ1n) is 5.98. The number of halogens is 1. The summed E-state index contributed by atoms with van der Waals surface area (Å²) < 4.78 is 18.6. The molecule has 1 unspecified atom stereocenters. The van der Waals surface area contributed by atoms with Crippen molar-refractivity contribution in [2.45, 2.75) is 5.92 Å². The maximum atomic E-state index is 13.5. The quantitative estimate of drug-likeness (QED) is 0.439. The van der Waals surface area contributed by atoms with E-state index in [0.717, 1.165) is 6.34 Å². The SMILES string of the molecule is CN(C=N)C(=N)C(c1cc(N)cc(F)c1)C1COC1. The van der Waals surface area contributed by atoms with Crippen LogP contribution in [-0.2, 0) is 4.74 Å². The van der Waals surface area contributed by atoms with Gasteiger partial charge in [-0.2, -0.15) is 0 Å². The molecule has 102 valence electrons. The molecule has 4 N–H and O–H groups in total. The van der Waals surface area contributed by atoms with E-state index >= 15 is 0 Å². The number of anilines is 1. The summed E-state index contributed by atoms with van der Waals surface area (Å²) in [5, 5.41) is 15.4. The van der Waals surface area contributed by atoms with Gasteiger partial charge in [-0.1, -0.05) is 0 Å². The summed E-state index contributed by atoms with van der Waals surface area (Å²) in [4.78, 5) is 1.41. The first kappa shape index (κ1) is 13.5. The molecule has 1 aliphatic rings. The van der Waals surface area contributed by atoms with Crippen LogP contribution in [0.25, 0.3) is 0 Å². The molecule has 1 heterocycles. The monoisotopic (exact) mass is 264 g/mol. The molecule has 0 amide bonds. The second kappa shape index (κ2) is 5.36. The molecule has 0 bridgehead atoms. The van der Waals surface area contributed by atoms with Crippen LogP contribution in [-0.4, -0.2) is 37.3 Å². The largest absolute Gasteiger partial charge is 0.399 e. The molecule has 1 aromatic rings. The number of hydrogen-bond donors (Lipinski definition) is 3. The first-order valence-corrected chi connectivity index (χ1v) is 5.98. The van der Waals surface area contributed by atoms with E-state index in [1.807, 2.05) is 0 Å². The van der Waals surface area contributed by atoms with Crippen molar-refractivity contribution >= 4 is 17.9 Å². The molecule has 1 aliphatic heterocycles. The molecule has 0 aliphatic carbocycles. The van der Waals surface area contributed by atoms with Gasteiger partial charge in [0, 0.05) is 24.6 Å². The van der Waals surface area contributed by atoms with Crippen LogP contribution in [0.2, 0.25) is 0 Å². The fourth-order valence-electron chi connectivity index (χ4n) is 2.20. The highest BCUT2D eigenvalue weighted by Gasteiger charge is 2.34. The Morgan fingerprint density at radius 3 is 2.68 bits per heavy atom. The molecular formula is C13H17FN4O. The minimum Gasteiger partial charge on any atom is -0.399 e. The molecular weight excluding hydrogens is 247 g/mol. The average Bonchev–Trinajstić information content (AvgIpc) is 2.30. The molecule has 1 atom stereocenters. The summed E-state index contributed by atoms with van der Waals surface area (Å²) in [6.45, 7) is 1.07. The molecule has 0 aromatic heterocycles. The minimum atomic E-state index is -0.412. The van der Waals surface area contributed by atoms with E-state index in [1.54, 1.807) is 13.1 Å². The molecule has 0 radical (unpaired) electrons. The van der Waals surface area contributed by atoms with Gasteiger partial charge in [0.05, 0.1) is 19.6 Å². The van der Waals surface area contributed by atoms with Crippen LogP contribution in [0.3, 0.4) is 0 Å². The highest BCUT2D eigenvalue weighted by molar-refractivity contribution is 5.94. The summed E-state index contributed by atoms with van der Waals surface area (Å²) in [5.74, 6) is -0.353. The van der Waals surface area contributed by atoms with E-state index in [9.17, 15) is 4.39 Å². The smallest absolute Gasteiger partial charge is 0.125 e. The lowest BCUT2D eigenvalue weighted by molar-refractivity contribution is -0.0366. The molecule has 1 aromatic carbocycles. The van der Waals surface area contributed by atoms with Crippen molar-refractivity contribution in [3.8, 4) is 0 Å². The van der Waals surface area contributed by atoms with Gasteiger partial charge < -0.3 is 15.4 Å². The van der Waals surface area contributed by atoms with E-state index in [4.69, 9.17) is 21.3 Å². The van der Waals surface area contributed by atoms with E-state index in [1.165, 1.54) is 17.0 Å². The number of hydrogen-bond acceptors (Lipinski definition) is 4. The zero-order valence-corrected chi connectivity index (χ0v) is 10.7. The van der Waals surface area contributed by atoms with E-state index in [-0.39, 0.29) is 17.7 Å². The Hall–Kier alpha value is -1.95. The van der Waals surface area contributed by atoms with Gasteiger partial charge in [0.25, 0.3) is 0 Å². The molecule has 0 saturated carbocycles. The standard InChI is InChI=1S/C13H17FN4O/c1-18(7-15)13(17)12(9-5-19-6-9)8-2-10(14)4-11(16)3-8/h2-4,7,9,12,15,17H,5-6,16H2,1H3. The lowest BCUT2D eigenvalue weighted by Crippen LogP contribution is -2.41. The van der Waals surface area contributed by atoms with Gasteiger partial charge in [0.15, 0.2) is 0 Å². The van der Waals surface area contributed by atoms with Crippen molar-refractivity contribution in [3.05, 3.63) is 29.6 Å².